The number of phenolic OH excluding ortho intramolecular Hbond substituents is 4. The lowest BCUT2D eigenvalue weighted by atomic mass is 9.72. The molecule has 3 rings (SSSR count). The molecule has 2 aromatic carbocycles. The summed E-state index contributed by atoms with van der Waals surface area (Å²) in [5, 5.41) is 69.0. The third-order valence-electron chi connectivity index (χ3n) is 5.98. The van der Waals surface area contributed by atoms with Crippen LogP contribution in [0, 0.1) is 0 Å². The van der Waals surface area contributed by atoms with Crippen LogP contribution in [0.25, 0.3) is 12.2 Å². The monoisotopic (exact) mass is 530 g/mol. The topological polar surface area (TPSA) is 211 Å². The Hall–Kier alpha value is -4.55. The molecule has 4 atom stereocenters. The highest BCUT2D eigenvalue weighted by atomic mass is 16.6. The number of carboxylic acid groups (broad SMARTS) is 1. The summed E-state index contributed by atoms with van der Waals surface area (Å²) in [5.41, 5.74) is -3.88. The molecule has 0 bridgehead atoms. The van der Waals surface area contributed by atoms with E-state index < -0.39 is 65.7 Å². The Morgan fingerprint density at radius 3 is 1.84 bits per heavy atom. The fraction of sp³-hybridized carbons (Fsp3) is 0.269. The van der Waals surface area contributed by atoms with E-state index in [1.165, 1.54) is 55.5 Å². The maximum atomic E-state index is 12.5. The second-order valence-electron chi connectivity index (χ2n) is 9.03. The van der Waals surface area contributed by atoms with Gasteiger partial charge in [0.25, 0.3) is 0 Å². The van der Waals surface area contributed by atoms with Gasteiger partial charge in [-0.1, -0.05) is 12.1 Å². The Balaban J connectivity index is 1.77. The summed E-state index contributed by atoms with van der Waals surface area (Å²) < 4.78 is 10.5. The number of carbonyl (C=O) groups excluding carboxylic acids is 2. The van der Waals surface area contributed by atoms with Gasteiger partial charge in [0.05, 0.1) is 0 Å². The predicted molar refractivity (Wildman–Crippen MR) is 130 cm³/mol. The molecule has 0 spiro atoms. The van der Waals surface area contributed by atoms with Gasteiger partial charge in [-0.05, 0) is 54.5 Å². The third-order valence-corrected chi connectivity index (χ3v) is 5.98. The Morgan fingerprint density at radius 2 is 1.37 bits per heavy atom. The average Bonchev–Trinajstić information content (AvgIpc) is 2.83. The SMILES string of the molecule is C[C@@]1(OC(=O)C=Cc2ccc(O)c(O)c2)C[C@@](O)(C(=O)O)C[C@@H](OC(=O)C=Cc2ccc(O)c(O)c2)C1O. The molecule has 0 aliphatic heterocycles. The molecule has 7 N–H and O–H groups in total. The van der Waals surface area contributed by atoms with Crippen molar-refractivity contribution < 1.29 is 59.6 Å². The van der Waals surface area contributed by atoms with E-state index in [9.17, 15) is 50.1 Å². The van der Waals surface area contributed by atoms with Gasteiger partial charge < -0.3 is 45.2 Å². The summed E-state index contributed by atoms with van der Waals surface area (Å²) in [5.74, 6) is -5.34. The molecule has 12 nitrogen and oxygen atoms in total. The smallest absolute Gasteiger partial charge is 0.335 e. The van der Waals surface area contributed by atoms with Gasteiger partial charge >= 0.3 is 17.9 Å². The van der Waals surface area contributed by atoms with Crippen molar-refractivity contribution in [2.24, 2.45) is 0 Å². The van der Waals surface area contributed by atoms with E-state index in [1.807, 2.05) is 0 Å². The van der Waals surface area contributed by atoms with Crippen LogP contribution in [0.3, 0.4) is 0 Å². The van der Waals surface area contributed by atoms with Crippen molar-refractivity contribution in [2.75, 3.05) is 0 Å². The van der Waals surface area contributed by atoms with Crippen molar-refractivity contribution >= 4 is 30.1 Å². The average molecular weight is 530 g/mol. The Morgan fingerprint density at radius 1 is 0.868 bits per heavy atom. The van der Waals surface area contributed by atoms with Crippen LogP contribution in [-0.4, -0.2) is 77.1 Å². The lowest BCUT2D eigenvalue weighted by Gasteiger charge is -2.46. The Kier molecular flexibility index (Phi) is 7.98. The maximum Gasteiger partial charge on any atom is 0.335 e. The molecule has 0 aromatic heterocycles. The zero-order chi connectivity index (χ0) is 28.3. The minimum atomic E-state index is -2.52. The number of carboxylic acids is 1. The lowest BCUT2D eigenvalue weighted by Crippen LogP contribution is -2.63. The summed E-state index contributed by atoms with van der Waals surface area (Å²) in [6.45, 7) is 1.18. The van der Waals surface area contributed by atoms with E-state index in [-0.39, 0.29) is 11.5 Å². The Bertz CT molecular complexity index is 1300. The first-order valence-electron chi connectivity index (χ1n) is 11.2. The van der Waals surface area contributed by atoms with Crippen LogP contribution < -0.4 is 0 Å². The standard InChI is InChI=1S/C26H26O12/c1-25(38-22(32)9-5-15-3-7-17(28)19(30)11-15)13-26(36,24(34)35)12-20(23(25)33)37-21(31)8-4-14-2-6-16(27)18(29)10-14/h2-11,20,23,27-30,33,36H,12-13H2,1H3,(H,34,35)/t20-,23?,25-,26-/m1/s1. The highest BCUT2D eigenvalue weighted by Crippen LogP contribution is 2.40. The number of benzene rings is 2. The zero-order valence-corrected chi connectivity index (χ0v) is 20.0. The molecule has 202 valence electrons. The first-order valence-corrected chi connectivity index (χ1v) is 11.2. The minimum Gasteiger partial charge on any atom is -0.504 e. The molecule has 1 aliphatic rings. The van der Waals surface area contributed by atoms with Gasteiger partial charge in [-0.3, -0.25) is 0 Å². The number of hydrogen-bond acceptors (Lipinski definition) is 11. The molecule has 38 heavy (non-hydrogen) atoms. The van der Waals surface area contributed by atoms with Crippen LogP contribution in [0.4, 0.5) is 0 Å². The molecule has 1 aliphatic carbocycles. The molecular weight excluding hydrogens is 504 g/mol. The summed E-state index contributed by atoms with van der Waals surface area (Å²) in [4.78, 5) is 36.7. The second-order valence-corrected chi connectivity index (χ2v) is 9.03. The van der Waals surface area contributed by atoms with Crippen LogP contribution in [0.1, 0.15) is 30.9 Å². The van der Waals surface area contributed by atoms with Crippen LogP contribution in [0.2, 0.25) is 0 Å². The van der Waals surface area contributed by atoms with Crippen molar-refractivity contribution in [3.05, 3.63) is 59.7 Å². The summed E-state index contributed by atoms with van der Waals surface area (Å²) in [7, 11) is 0. The number of ether oxygens (including phenoxy) is 2. The number of aliphatic hydroxyl groups is 2. The van der Waals surface area contributed by atoms with E-state index >= 15 is 0 Å². The molecule has 2 aromatic rings. The predicted octanol–water partition coefficient (Wildman–Crippen LogP) is 1.42. The van der Waals surface area contributed by atoms with E-state index in [2.05, 4.69) is 0 Å². The fourth-order valence-corrected chi connectivity index (χ4v) is 4.03. The summed E-state index contributed by atoms with van der Waals surface area (Å²) in [6, 6.07) is 7.50. The molecule has 1 unspecified atom stereocenters. The number of aliphatic carboxylic acids is 1. The fourth-order valence-electron chi connectivity index (χ4n) is 4.03. The first-order chi connectivity index (χ1) is 17.7. The normalized spacial score (nSPS) is 25.3. The maximum absolute atomic E-state index is 12.5. The van der Waals surface area contributed by atoms with Gasteiger partial charge in [-0.25, -0.2) is 14.4 Å². The van der Waals surface area contributed by atoms with Gasteiger partial charge in [0.15, 0.2) is 28.6 Å². The van der Waals surface area contributed by atoms with Crippen LogP contribution in [0.15, 0.2) is 48.6 Å². The number of carbonyl (C=O) groups is 3. The van der Waals surface area contributed by atoms with Crippen molar-refractivity contribution in [3.63, 3.8) is 0 Å². The highest BCUT2D eigenvalue weighted by molar-refractivity contribution is 5.88. The number of aromatic hydroxyl groups is 4. The lowest BCUT2D eigenvalue weighted by molar-refractivity contribution is -0.227. The summed E-state index contributed by atoms with van der Waals surface area (Å²) >= 11 is 0. The molecule has 0 saturated heterocycles. The van der Waals surface area contributed by atoms with Crippen LogP contribution >= 0.6 is 0 Å². The van der Waals surface area contributed by atoms with E-state index in [0.717, 1.165) is 12.2 Å². The first kappa shape index (κ1) is 28.0. The van der Waals surface area contributed by atoms with Crippen LogP contribution in [0.5, 0.6) is 23.0 Å². The molecule has 1 fully saturated rings. The van der Waals surface area contributed by atoms with Crippen molar-refractivity contribution in [3.8, 4) is 23.0 Å². The highest BCUT2D eigenvalue weighted by Gasteiger charge is 2.58. The number of hydrogen-bond donors (Lipinski definition) is 7. The van der Waals surface area contributed by atoms with Gasteiger partial charge in [0.1, 0.15) is 17.8 Å². The van der Waals surface area contributed by atoms with E-state index in [4.69, 9.17) is 9.47 Å². The quantitative estimate of drug-likeness (QED) is 0.154. The molecule has 12 heteroatoms. The second kappa shape index (κ2) is 10.8. The van der Waals surface area contributed by atoms with Gasteiger partial charge in [0, 0.05) is 25.0 Å². The minimum absolute atomic E-state index is 0.314. The number of esters is 2. The number of rotatable bonds is 7. The number of phenols is 4. The zero-order valence-electron chi connectivity index (χ0n) is 20.0. The molecular formula is C26H26O12. The van der Waals surface area contributed by atoms with Gasteiger partial charge in [-0.15, -0.1) is 0 Å². The summed E-state index contributed by atoms with van der Waals surface area (Å²) in [6.07, 6.45) is -0.427. The Labute approximate surface area is 215 Å². The number of aliphatic hydroxyl groups excluding tert-OH is 1. The molecule has 0 amide bonds. The molecule has 0 heterocycles. The van der Waals surface area contributed by atoms with Crippen LogP contribution in [-0.2, 0) is 23.9 Å². The third kappa shape index (κ3) is 6.41. The van der Waals surface area contributed by atoms with Crippen molar-refractivity contribution in [1.29, 1.82) is 0 Å². The van der Waals surface area contributed by atoms with E-state index in [1.54, 1.807) is 0 Å². The largest absolute Gasteiger partial charge is 0.504 e. The van der Waals surface area contributed by atoms with Gasteiger partial charge in [0.2, 0.25) is 0 Å². The van der Waals surface area contributed by atoms with Gasteiger partial charge in [-0.2, -0.15) is 0 Å². The van der Waals surface area contributed by atoms with E-state index in [0.29, 0.717) is 11.1 Å². The van der Waals surface area contributed by atoms with Crippen molar-refractivity contribution in [1.82, 2.24) is 0 Å². The van der Waals surface area contributed by atoms with Crippen molar-refractivity contribution in [2.45, 2.75) is 43.2 Å². The molecule has 0 radical (unpaired) electrons. The molecule has 1 saturated carbocycles.